The van der Waals surface area contributed by atoms with Gasteiger partial charge in [0.1, 0.15) is 6.10 Å². The Labute approximate surface area is 164 Å². The van der Waals surface area contributed by atoms with Crippen molar-refractivity contribution >= 4 is 27.5 Å². The second-order valence-corrected chi connectivity index (χ2v) is 9.31. The molecule has 0 radical (unpaired) electrons. The first-order valence-corrected chi connectivity index (χ1v) is 10.7. The van der Waals surface area contributed by atoms with Crippen molar-refractivity contribution < 1.29 is 28.0 Å². The fourth-order valence-electron chi connectivity index (χ4n) is 2.82. The van der Waals surface area contributed by atoms with E-state index in [1.165, 1.54) is 17.3 Å². The van der Waals surface area contributed by atoms with Gasteiger partial charge in [0.15, 0.2) is 14.6 Å². The van der Waals surface area contributed by atoms with Crippen LogP contribution in [0, 0.1) is 11.8 Å². The van der Waals surface area contributed by atoms with Gasteiger partial charge in [-0.2, -0.15) is 0 Å². The van der Waals surface area contributed by atoms with Crippen LogP contribution in [-0.4, -0.2) is 49.3 Å². The quantitative estimate of drug-likeness (QED) is 0.422. The maximum atomic E-state index is 12.2. The summed E-state index contributed by atoms with van der Waals surface area (Å²) < 4.78 is 27.5. The van der Waals surface area contributed by atoms with Crippen molar-refractivity contribution in [3.63, 3.8) is 0 Å². The molecular formula is C19H24N2O6S. The summed E-state index contributed by atoms with van der Waals surface area (Å²) in [5.74, 6) is 5.00. The lowest BCUT2D eigenvalue weighted by molar-refractivity contribution is -0.132. The average molecular weight is 408 g/mol. The maximum Gasteiger partial charge on any atom is 0.414 e. The van der Waals surface area contributed by atoms with E-state index in [4.69, 9.17) is 9.94 Å². The summed E-state index contributed by atoms with van der Waals surface area (Å²) in [4.78, 5) is 25.5. The first kappa shape index (κ1) is 21.7. The number of sulfone groups is 1. The molecule has 1 aliphatic heterocycles. The Morgan fingerprint density at radius 1 is 1.39 bits per heavy atom. The largest absolute Gasteiger partial charge is 0.444 e. The smallest absolute Gasteiger partial charge is 0.414 e. The molecule has 1 heterocycles. The minimum absolute atomic E-state index is 0.0868. The molecule has 2 amide bonds. The number of hydroxylamine groups is 1. The molecule has 0 aromatic heterocycles. The Bertz CT molecular complexity index is 901. The zero-order chi connectivity index (χ0) is 20.9. The molecule has 1 aliphatic rings. The van der Waals surface area contributed by atoms with Crippen LogP contribution >= 0.6 is 0 Å². The molecule has 2 atom stereocenters. The van der Waals surface area contributed by atoms with Crippen molar-refractivity contribution in [2.45, 2.75) is 44.0 Å². The Morgan fingerprint density at radius 3 is 2.57 bits per heavy atom. The van der Waals surface area contributed by atoms with E-state index in [1.54, 1.807) is 24.3 Å². The van der Waals surface area contributed by atoms with E-state index in [0.29, 0.717) is 5.69 Å². The van der Waals surface area contributed by atoms with E-state index >= 15 is 0 Å². The second kappa shape index (κ2) is 8.63. The van der Waals surface area contributed by atoms with E-state index in [0.717, 1.165) is 24.7 Å². The monoisotopic (exact) mass is 408 g/mol. The lowest BCUT2D eigenvalue weighted by Gasteiger charge is -2.26. The van der Waals surface area contributed by atoms with E-state index < -0.39 is 32.7 Å². The number of nitrogens with zero attached hydrogens (tertiary/aromatic N) is 1. The Balaban J connectivity index is 2.15. The highest BCUT2D eigenvalue weighted by Gasteiger charge is 2.48. The number of carbonyl (C=O) groups excluding carboxylic acids is 2. The highest BCUT2D eigenvalue weighted by Crippen LogP contribution is 2.30. The molecule has 0 bridgehead atoms. The summed E-state index contributed by atoms with van der Waals surface area (Å²) in [7, 11) is -3.88. The van der Waals surface area contributed by atoms with Crippen LogP contribution in [0.15, 0.2) is 24.3 Å². The Morgan fingerprint density at radius 2 is 2.04 bits per heavy atom. The maximum absolute atomic E-state index is 12.2. The lowest BCUT2D eigenvalue weighted by atomic mass is 10.0. The number of carbonyl (C=O) groups is 2. The molecule has 152 valence electrons. The van der Waals surface area contributed by atoms with Gasteiger partial charge in [-0.25, -0.2) is 18.7 Å². The summed E-state index contributed by atoms with van der Waals surface area (Å²) in [5.41, 5.74) is 2.79. The number of nitrogens with one attached hydrogen (secondary N) is 1. The fourth-order valence-corrected chi connectivity index (χ4v) is 3.69. The first-order chi connectivity index (χ1) is 13.1. The molecule has 0 unspecified atom stereocenters. The third-order valence-electron chi connectivity index (χ3n) is 4.68. The molecule has 1 aromatic carbocycles. The van der Waals surface area contributed by atoms with Gasteiger partial charge < -0.3 is 4.74 Å². The predicted molar refractivity (Wildman–Crippen MR) is 104 cm³/mol. The van der Waals surface area contributed by atoms with Crippen molar-refractivity contribution in [1.29, 1.82) is 0 Å². The van der Waals surface area contributed by atoms with Crippen LogP contribution in [0.5, 0.6) is 0 Å². The van der Waals surface area contributed by atoms with Crippen molar-refractivity contribution in [1.82, 2.24) is 5.48 Å². The molecule has 0 saturated carbocycles. The predicted octanol–water partition coefficient (Wildman–Crippen LogP) is 1.86. The van der Waals surface area contributed by atoms with Crippen LogP contribution in [0.2, 0.25) is 0 Å². The Kier molecular flexibility index (Phi) is 6.69. The van der Waals surface area contributed by atoms with Crippen LogP contribution < -0.4 is 10.4 Å². The van der Waals surface area contributed by atoms with Crippen molar-refractivity contribution in [3.05, 3.63) is 29.8 Å². The van der Waals surface area contributed by atoms with Gasteiger partial charge in [0.05, 0.1) is 6.54 Å². The molecule has 8 nitrogen and oxygen atoms in total. The molecule has 0 spiro atoms. The van der Waals surface area contributed by atoms with Gasteiger partial charge in [-0.3, -0.25) is 14.9 Å². The number of benzene rings is 1. The molecule has 1 saturated heterocycles. The summed E-state index contributed by atoms with van der Waals surface area (Å²) in [5, 5.41) is 8.90. The fraction of sp³-hybridized carbons (Fsp3) is 0.474. The number of anilines is 1. The number of cyclic esters (lactones) is 1. The highest BCUT2D eigenvalue weighted by molar-refractivity contribution is 7.92. The van der Waals surface area contributed by atoms with Gasteiger partial charge >= 0.3 is 6.09 Å². The molecule has 1 fully saturated rings. The minimum Gasteiger partial charge on any atom is -0.444 e. The molecular weight excluding hydrogens is 384 g/mol. The molecule has 9 heteroatoms. The molecule has 2 rings (SSSR count). The van der Waals surface area contributed by atoms with Crippen molar-refractivity contribution in [3.8, 4) is 11.8 Å². The number of ether oxygens (including phenoxy) is 1. The van der Waals surface area contributed by atoms with Gasteiger partial charge in [-0.15, -0.1) is 0 Å². The number of hydrogen-bond acceptors (Lipinski definition) is 6. The average Bonchev–Trinajstić information content (AvgIpc) is 3.00. The van der Waals surface area contributed by atoms with Crippen LogP contribution in [0.25, 0.3) is 0 Å². The van der Waals surface area contributed by atoms with E-state index in [1.807, 2.05) is 6.92 Å². The topological polar surface area (TPSA) is 113 Å². The van der Waals surface area contributed by atoms with Crippen LogP contribution in [0.4, 0.5) is 10.5 Å². The number of unbranched alkanes of at least 4 members (excludes halogenated alkanes) is 1. The minimum atomic E-state index is -3.88. The normalized spacial score (nSPS) is 18.6. The standard InChI is InChI=1S/C19H24N2O6S/c1-4-5-6-7-14-8-10-15(11-9-14)21-13-16(27-18(21)23)12-19(2,17(22)20-24)28(3,25)26/h8-11,16,24H,4-5,12-13H2,1-3H3,(H,20,22)/t16-,19+/m0/s1. The Hall–Kier alpha value is -2.57. The third-order valence-corrected chi connectivity index (χ3v) is 6.67. The molecule has 2 N–H and O–H groups in total. The van der Waals surface area contributed by atoms with E-state index in [2.05, 4.69) is 11.8 Å². The third kappa shape index (κ3) is 4.64. The summed E-state index contributed by atoms with van der Waals surface area (Å²) in [6.07, 6.45) is 0.953. The van der Waals surface area contributed by atoms with Gasteiger partial charge in [-0.05, 0) is 37.6 Å². The highest BCUT2D eigenvalue weighted by atomic mass is 32.2. The van der Waals surface area contributed by atoms with Gasteiger partial charge in [0.25, 0.3) is 5.91 Å². The van der Waals surface area contributed by atoms with Crippen molar-refractivity contribution in [2.75, 3.05) is 17.7 Å². The number of rotatable bonds is 6. The molecule has 28 heavy (non-hydrogen) atoms. The van der Waals surface area contributed by atoms with E-state index in [9.17, 15) is 18.0 Å². The second-order valence-electron chi connectivity index (χ2n) is 6.86. The lowest BCUT2D eigenvalue weighted by Crippen LogP contribution is -2.51. The van der Waals surface area contributed by atoms with E-state index in [-0.39, 0.29) is 13.0 Å². The molecule has 1 aromatic rings. The SMILES string of the molecule is CCCC#Cc1ccc(N2C[C@H](C[C@](C)(C(=O)NO)S(C)(=O)=O)OC2=O)cc1. The zero-order valence-electron chi connectivity index (χ0n) is 16.1. The number of hydrogen-bond donors (Lipinski definition) is 2. The first-order valence-electron chi connectivity index (χ1n) is 8.83. The van der Waals surface area contributed by atoms with Crippen LogP contribution in [-0.2, 0) is 19.4 Å². The summed E-state index contributed by atoms with van der Waals surface area (Å²) in [6, 6.07) is 7.04. The van der Waals surface area contributed by atoms with Gasteiger partial charge in [-0.1, -0.05) is 18.8 Å². The zero-order valence-corrected chi connectivity index (χ0v) is 16.9. The van der Waals surface area contributed by atoms with Crippen LogP contribution in [0.1, 0.15) is 38.7 Å². The number of amides is 2. The molecule has 0 aliphatic carbocycles. The summed E-state index contributed by atoms with van der Waals surface area (Å²) in [6.45, 7) is 3.32. The van der Waals surface area contributed by atoms with Gasteiger partial charge in [0.2, 0.25) is 0 Å². The van der Waals surface area contributed by atoms with Crippen LogP contribution in [0.3, 0.4) is 0 Å². The van der Waals surface area contributed by atoms with Crippen molar-refractivity contribution in [2.24, 2.45) is 0 Å². The van der Waals surface area contributed by atoms with Gasteiger partial charge in [0, 0.05) is 30.3 Å². The summed E-state index contributed by atoms with van der Waals surface area (Å²) >= 11 is 0.